The Morgan fingerprint density at radius 3 is 2.67 bits per heavy atom. The summed E-state index contributed by atoms with van der Waals surface area (Å²) in [6.45, 7) is 0. The molecular formula is C18H14ClN3O4S. The Morgan fingerprint density at radius 2 is 2.00 bits per heavy atom. The van der Waals surface area contributed by atoms with E-state index in [1.165, 1.54) is 25.3 Å². The van der Waals surface area contributed by atoms with Crippen molar-refractivity contribution in [2.45, 2.75) is 5.16 Å². The molecule has 27 heavy (non-hydrogen) atoms. The van der Waals surface area contributed by atoms with Crippen molar-refractivity contribution in [2.24, 2.45) is 0 Å². The number of hydrogen-bond donors (Lipinski definition) is 3. The van der Waals surface area contributed by atoms with Gasteiger partial charge in [0, 0.05) is 5.02 Å². The molecule has 3 rings (SSSR count). The van der Waals surface area contributed by atoms with Gasteiger partial charge in [-0.05, 0) is 53.7 Å². The number of aliphatic carboxylic acids is 1. The highest BCUT2D eigenvalue weighted by Crippen LogP contribution is 2.32. The van der Waals surface area contributed by atoms with Crippen LogP contribution in [0.3, 0.4) is 0 Å². The third-order valence-electron chi connectivity index (χ3n) is 3.48. The molecule has 0 aliphatic rings. The van der Waals surface area contributed by atoms with Gasteiger partial charge in [0.1, 0.15) is 16.4 Å². The number of carboxylic acid groups (broad SMARTS) is 1. The Hall–Kier alpha value is -2.97. The number of ether oxygens (including phenoxy) is 1. The van der Waals surface area contributed by atoms with E-state index in [1.807, 2.05) is 0 Å². The summed E-state index contributed by atoms with van der Waals surface area (Å²) in [6.07, 6.45) is 1.47. The highest BCUT2D eigenvalue weighted by atomic mass is 35.5. The van der Waals surface area contributed by atoms with Crippen molar-refractivity contribution < 1.29 is 19.7 Å². The average Bonchev–Trinajstić information content (AvgIpc) is 3.11. The molecule has 2 aromatic carbocycles. The van der Waals surface area contributed by atoms with E-state index < -0.39 is 5.97 Å². The number of phenols is 1. The first kappa shape index (κ1) is 18.8. The fourth-order valence-electron chi connectivity index (χ4n) is 2.23. The number of benzene rings is 2. The van der Waals surface area contributed by atoms with Gasteiger partial charge in [-0.1, -0.05) is 23.7 Å². The third kappa shape index (κ3) is 4.60. The highest BCUT2D eigenvalue weighted by molar-refractivity contribution is 8.04. The van der Waals surface area contributed by atoms with Crippen LogP contribution in [0.2, 0.25) is 5.02 Å². The monoisotopic (exact) mass is 403 g/mol. The quantitative estimate of drug-likeness (QED) is 0.420. The Kier molecular flexibility index (Phi) is 5.68. The Morgan fingerprint density at radius 1 is 1.26 bits per heavy atom. The SMILES string of the molecule is COc1ccc(Cl)cc1-c1nc(S/C(=C\c2ccc(O)cc2)C(=O)O)n[nH]1. The Bertz CT molecular complexity index is 1000. The van der Waals surface area contributed by atoms with Crippen LogP contribution in [0.25, 0.3) is 17.5 Å². The summed E-state index contributed by atoms with van der Waals surface area (Å²) in [5, 5.41) is 26.3. The number of aromatic nitrogens is 3. The van der Waals surface area contributed by atoms with Gasteiger partial charge in [-0.3, -0.25) is 5.10 Å². The number of halogens is 1. The lowest BCUT2D eigenvalue weighted by molar-refractivity contribution is -0.131. The normalized spacial score (nSPS) is 11.4. The van der Waals surface area contributed by atoms with Crippen LogP contribution in [0.15, 0.2) is 52.5 Å². The topological polar surface area (TPSA) is 108 Å². The van der Waals surface area contributed by atoms with Crippen molar-refractivity contribution in [1.29, 1.82) is 0 Å². The molecule has 138 valence electrons. The maximum atomic E-state index is 11.6. The summed E-state index contributed by atoms with van der Waals surface area (Å²) < 4.78 is 5.29. The summed E-state index contributed by atoms with van der Waals surface area (Å²) >= 11 is 6.93. The van der Waals surface area contributed by atoms with Crippen molar-refractivity contribution in [2.75, 3.05) is 7.11 Å². The first-order valence-electron chi connectivity index (χ1n) is 7.64. The number of aromatic hydroxyl groups is 1. The van der Waals surface area contributed by atoms with Crippen LogP contribution in [0, 0.1) is 0 Å². The fourth-order valence-corrected chi connectivity index (χ4v) is 3.11. The molecule has 0 atom stereocenters. The Balaban J connectivity index is 1.88. The lowest BCUT2D eigenvalue weighted by Crippen LogP contribution is -1.97. The van der Waals surface area contributed by atoms with Crippen LogP contribution in [0.5, 0.6) is 11.5 Å². The predicted octanol–water partition coefficient (Wildman–Crippen LogP) is 4.06. The second kappa shape index (κ2) is 8.15. The minimum Gasteiger partial charge on any atom is -0.508 e. The summed E-state index contributed by atoms with van der Waals surface area (Å²) in [7, 11) is 1.53. The van der Waals surface area contributed by atoms with Crippen molar-refractivity contribution in [3.8, 4) is 22.9 Å². The predicted molar refractivity (Wildman–Crippen MR) is 103 cm³/mol. The largest absolute Gasteiger partial charge is 0.508 e. The van der Waals surface area contributed by atoms with Crippen LogP contribution in [0.1, 0.15) is 5.56 Å². The number of nitrogens with one attached hydrogen (secondary N) is 1. The van der Waals surface area contributed by atoms with Gasteiger partial charge in [-0.15, -0.1) is 5.10 Å². The maximum Gasteiger partial charge on any atom is 0.342 e. The lowest BCUT2D eigenvalue weighted by Gasteiger charge is -2.05. The van der Waals surface area contributed by atoms with Gasteiger partial charge < -0.3 is 14.9 Å². The summed E-state index contributed by atoms with van der Waals surface area (Å²) in [5.41, 5.74) is 1.24. The molecule has 0 radical (unpaired) electrons. The van der Waals surface area contributed by atoms with E-state index in [1.54, 1.807) is 30.3 Å². The number of aromatic amines is 1. The van der Waals surface area contributed by atoms with Crippen molar-refractivity contribution >= 4 is 35.4 Å². The number of rotatable bonds is 6. The molecule has 1 heterocycles. The third-order valence-corrected chi connectivity index (χ3v) is 4.60. The molecule has 0 spiro atoms. The van der Waals surface area contributed by atoms with Gasteiger partial charge in [-0.2, -0.15) is 0 Å². The van der Waals surface area contributed by atoms with E-state index in [4.69, 9.17) is 16.3 Å². The standard InChI is InChI=1S/C18H14ClN3O4S/c1-26-14-7-4-11(19)9-13(14)16-20-18(22-21-16)27-15(17(24)25)8-10-2-5-12(23)6-3-10/h2-9,23H,1H3,(H,24,25)(H,20,21,22)/b15-8-. The van der Waals surface area contributed by atoms with Crippen LogP contribution in [-0.2, 0) is 4.79 Å². The number of carbonyl (C=O) groups is 1. The van der Waals surface area contributed by atoms with Gasteiger partial charge in [0.25, 0.3) is 0 Å². The van der Waals surface area contributed by atoms with E-state index in [0.29, 0.717) is 27.7 Å². The van der Waals surface area contributed by atoms with E-state index in [2.05, 4.69) is 15.2 Å². The molecule has 7 nitrogen and oxygen atoms in total. The van der Waals surface area contributed by atoms with E-state index in [9.17, 15) is 15.0 Å². The molecule has 0 aliphatic carbocycles. The van der Waals surface area contributed by atoms with E-state index in [0.717, 1.165) is 11.8 Å². The van der Waals surface area contributed by atoms with Gasteiger partial charge in [-0.25, -0.2) is 9.78 Å². The number of methoxy groups -OCH3 is 1. The van der Waals surface area contributed by atoms with Crippen molar-refractivity contribution in [1.82, 2.24) is 15.2 Å². The molecule has 0 fully saturated rings. The zero-order valence-corrected chi connectivity index (χ0v) is 15.6. The molecule has 0 saturated heterocycles. The zero-order chi connectivity index (χ0) is 19.4. The molecule has 1 aromatic heterocycles. The molecular weight excluding hydrogens is 390 g/mol. The smallest absolute Gasteiger partial charge is 0.342 e. The molecule has 0 bridgehead atoms. The Labute approximate surface area is 163 Å². The molecule has 3 N–H and O–H groups in total. The van der Waals surface area contributed by atoms with Gasteiger partial charge in [0.05, 0.1) is 12.7 Å². The van der Waals surface area contributed by atoms with Crippen LogP contribution in [0.4, 0.5) is 0 Å². The highest BCUT2D eigenvalue weighted by Gasteiger charge is 2.16. The van der Waals surface area contributed by atoms with Crippen LogP contribution < -0.4 is 4.74 Å². The molecule has 0 aliphatic heterocycles. The van der Waals surface area contributed by atoms with E-state index in [-0.39, 0.29) is 15.8 Å². The molecule has 0 amide bonds. The van der Waals surface area contributed by atoms with Crippen molar-refractivity contribution in [3.63, 3.8) is 0 Å². The number of phenolic OH excluding ortho intramolecular Hbond substituents is 1. The fraction of sp³-hybridized carbons (Fsp3) is 0.0556. The lowest BCUT2D eigenvalue weighted by atomic mass is 10.2. The maximum absolute atomic E-state index is 11.6. The number of thioether (sulfide) groups is 1. The minimum absolute atomic E-state index is 0.0318. The van der Waals surface area contributed by atoms with E-state index >= 15 is 0 Å². The van der Waals surface area contributed by atoms with Crippen molar-refractivity contribution in [3.05, 3.63) is 58.0 Å². The molecule has 0 saturated carbocycles. The number of carboxylic acids is 1. The second-order valence-corrected chi connectivity index (χ2v) is 6.76. The van der Waals surface area contributed by atoms with Gasteiger partial charge >= 0.3 is 5.97 Å². The van der Waals surface area contributed by atoms with Crippen LogP contribution in [-0.4, -0.2) is 38.5 Å². The van der Waals surface area contributed by atoms with Crippen LogP contribution >= 0.6 is 23.4 Å². The molecule has 9 heteroatoms. The average molecular weight is 404 g/mol. The van der Waals surface area contributed by atoms with Gasteiger partial charge in [0.2, 0.25) is 5.16 Å². The number of nitrogens with zero attached hydrogens (tertiary/aromatic N) is 2. The first-order valence-corrected chi connectivity index (χ1v) is 8.84. The number of hydrogen-bond acceptors (Lipinski definition) is 6. The second-order valence-electron chi connectivity index (χ2n) is 5.32. The zero-order valence-electron chi connectivity index (χ0n) is 14.0. The molecule has 0 unspecified atom stereocenters. The number of H-pyrrole nitrogens is 1. The summed E-state index contributed by atoms with van der Waals surface area (Å²) in [5.74, 6) is -0.0399. The summed E-state index contributed by atoms with van der Waals surface area (Å²) in [6, 6.07) is 11.3. The van der Waals surface area contributed by atoms with Gasteiger partial charge in [0.15, 0.2) is 5.82 Å². The summed E-state index contributed by atoms with van der Waals surface area (Å²) in [4.78, 5) is 15.9. The molecule has 3 aromatic rings. The first-order chi connectivity index (χ1) is 13.0. The minimum atomic E-state index is -1.11.